The van der Waals surface area contributed by atoms with Gasteiger partial charge in [-0.1, -0.05) is 6.07 Å². The summed E-state index contributed by atoms with van der Waals surface area (Å²) in [5.41, 5.74) is -1.08. The minimum absolute atomic E-state index is 0.0530. The quantitative estimate of drug-likeness (QED) is 0.578. The van der Waals surface area contributed by atoms with E-state index in [9.17, 15) is 17.6 Å². The van der Waals surface area contributed by atoms with Gasteiger partial charge >= 0.3 is 0 Å². The van der Waals surface area contributed by atoms with Crippen molar-refractivity contribution in [3.05, 3.63) is 64.2 Å². The third-order valence-electron chi connectivity index (χ3n) is 3.11. The molecule has 0 aromatic heterocycles. The molecular formula is C15H11ClF4O. The molecule has 0 bridgehead atoms. The van der Waals surface area contributed by atoms with Crippen LogP contribution >= 0.6 is 11.6 Å². The average molecular weight is 319 g/mol. The van der Waals surface area contributed by atoms with E-state index >= 15 is 0 Å². The van der Waals surface area contributed by atoms with Crippen molar-refractivity contribution < 1.29 is 22.3 Å². The van der Waals surface area contributed by atoms with Crippen molar-refractivity contribution in [2.45, 2.75) is 12.3 Å². The first-order chi connectivity index (χ1) is 9.86. The van der Waals surface area contributed by atoms with Crippen LogP contribution in [0, 0.1) is 30.2 Å². The van der Waals surface area contributed by atoms with Gasteiger partial charge in [-0.3, -0.25) is 0 Å². The van der Waals surface area contributed by atoms with Gasteiger partial charge in [-0.25, -0.2) is 17.6 Å². The highest BCUT2D eigenvalue weighted by atomic mass is 35.5. The van der Waals surface area contributed by atoms with Gasteiger partial charge < -0.3 is 4.74 Å². The van der Waals surface area contributed by atoms with E-state index in [4.69, 9.17) is 16.3 Å². The zero-order valence-electron chi connectivity index (χ0n) is 11.2. The van der Waals surface area contributed by atoms with Crippen LogP contribution in [0.15, 0.2) is 24.3 Å². The number of alkyl halides is 1. The van der Waals surface area contributed by atoms with Crippen molar-refractivity contribution in [1.82, 2.24) is 0 Å². The number of methoxy groups -OCH3 is 1. The summed E-state index contributed by atoms with van der Waals surface area (Å²) in [5.74, 6) is -4.01. The van der Waals surface area contributed by atoms with Gasteiger partial charge in [-0.05, 0) is 18.6 Å². The van der Waals surface area contributed by atoms with E-state index in [2.05, 4.69) is 0 Å². The first-order valence-electron chi connectivity index (χ1n) is 5.98. The normalized spacial score (nSPS) is 12.3. The van der Waals surface area contributed by atoms with Gasteiger partial charge in [0.2, 0.25) is 0 Å². The molecule has 0 spiro atoms. The van der Waals surface area contributed by atoms with Crippen LogP contribution in [0.4, 0.5) is 17.6 Å². The zero-order valence-corrected chi connectivity index (χ0v) is 11.9. The molecule has 0 N–H and O–H groups in total. The van der Waals surface area contributed by atoms with E-state index in [0.29, 0.717) is 0 Å². The van der Waals surface area contributed by atoms with Gasteiger partial charge in [0.25, 0.3) is 0 Å². The summed E-state index contributed by atoms with van der Waals surface area (Å²) in [6.45, 7) is 1.41. The molecule has 0 aliphatic heterocycles. The Labute approximate surface area is 124 Å². The first-order valence-corrected chi connectivity index (χ1v) is 6.42. The lowest BCUT2D eigenvalue weighted by atomic mass is 10.00. The number of aryl methyl sites for hydroxylation is 1. The van der Waals surface area contributed by atoms with Gasteiger partial charge in [0, 0.05) is 23.3 Å². The predicted octanol–water partition coefficient (Wildman–Crippen LogP) is 4.89. The summed E-state index contributed by atoms with van der Waals surface area (Å²) in [5, 5.41) is -1.63. The molecule has 2 aromatic rings. The van der Waals surface area contributed by atoms with E-state index in [1.807, 2.05) is 0 Å². The molecule has 6 heteroatoms. The molecule has 2 aromatic carbocycles. The molecule has 1 nitrogen and oxygen atoms in total. The number of ether oxygens (including phenoxy) is 1. The molecule has 1 unspecified atom stereocenters. The molecule has 0 heterocycles. The number of rotatable bonds is 3. The Morgan fingerprint density at radius 2 is 1.52 bits per heavy atom. The Balaban J connectivity index is 2.61. The fraction of sp³-hybridized carbons (Fsp3) is 0.200. The maximum Gasteiger partial charge on any atom is 0.134 e. The van der Waals surface area contributed by atoms with Crippen LogP contribution in [0.25, 0.3) is 0 Å². The van der Waals surface area contributed by atoms with Crippen molar-refractivity contribution in [2.75, 3.05) is 7.11 Å². The van der Waals surface area contributed by atoms with Gasteiger partial charge in [0.15, 0.2) is 0 Å². The second-order valence-electron chi connectivity index (χ2n) is 4.46. The Kier molecular flexibility index (Phi) is 4.42. The topological polar surface area (TPSA) is 9.23 Å². The second kappa shape index (κ2) is 5.93. The maximum atomic E-state index is 14.0. The highest BCUT2D eigenvalue weighted by Gasteiger charge is 2.27. The minimum Gasteiger partial charge on any atom is -0.497 e. The smallest absolute Gasteiger partial charge is 0.134 e. The van der Waals surface area contributed by atoms with Gasteiger partial charge in [-0.2, -0.15) is 0 Å². The van der Waals surface area contributed by atoms with Crippen molar-refractivity contribution in [3.63, 3.8) is 0 Å². The lowest BCUT2D eigenvalue weighted by molar-refractivity contribution is 0.405. The molecule has 0 radical (unpaired) electrons. The molecule has 2 rings (SSSR count). The Hall–Kier alpha value is -1.75. The third kappa shape index (κ3) is 2.83. The third-order valence-corrected chi connectivity index (χ3v) is 3.55. The monoisotopic (exact) mass is 318 g/mol. The van der Waals surface area contributed by atoms with Gasteiger partial charge in [0.05, 0.1) is 12.5 Å². The van der Waals surface area contributed by atoms with Crippen molar-refractivity contribution >= 4 is 11.6 Å². The largest absolute Gasteiger partial charge is 0.497 e. The molecule has 0 saturated heterocycles. The van der Waals surface area contributed by atoms with E-state index in [1.54, 1.807) is 0 Å². The summed E-state index contributed by atoms with van der Waals surface area (Å²) < 4.78 is 60.4. The molecule has 112 valence electrons. The van der Waals surface area contributed by atoms with Gasteiger partial charge in [-0.15, -0.1) is 11.6 Å². The van der Waals surface area contributed by atoms with E-state index in [0.717, 1.165) is 18.2 Å². The van der Waals surface area contributed by atoms with Crippen LogP contribution in [0.2, 0.25) is 0 Å². The lowest BCUT2D eigenvalue weighted by Gasteiger charge is -2.16. The number of halogens is 5. The standard InChI is InChI=1S/C15H11ClF4O/c1-7-3-4-9(17)13(15(7)20)14(16)12-10(18)5-8(21-2)6-11(12)19/h3-6,14H,1-2H3. The van der Waals surface area contributed by atoms with Crippen molar-refractivity contribution in [2.24, 2.45) is 0 Å². The Morgan fingerprint density at radius 1 is 0.952 bits per heavy atom. The molecule has 0 aliphatic rings. The van der Waals surface area contributed by atoms with Gasteiger partial charge in [0.1, 0.15) is 29.0 Å². The summed E-state index contributed by atoms with van der Waals surface area (Å²) in [6.07, 6.45) is 0. The zero-order chi connectivity index (χ0) is 15.7. The van der Waals surface area contributed by atoms with Crippen LogP contribution in [0.5, 0.6) is 5.75 Å². The van der Waals surface area contributed by atoms with Crippen LogP contribution in [0.1, 0.15) is 22.1 Å². The summed E-state index contributed by atoms with van der Waals surface area (Å²) in [6, 6.07) is 4.03. The number of benzene rings is 2. The highest BCUT2D eigenvalue weighted by Crippen LogP contribution is 2.37. The van der Waals surface area contributed by atoms with Crippen LogP contribution in [-0.2, 0) is 0 Å². The second-order valence-corrected chi connectivity index (χ2v) is 4.90. The van der Waals surface area contributed by atoms with E-state index < -0.39 is 39.8 Å². The molecular weight excluding hydrogens is 308 g/mol. The minimum atomic E-state index is -1.63. The number of hydrogen-bond acceptors (Lipinski definition) is 1. The molecule has 0 amide bonds. The Bertz CT molecular complexity index is 665. The Morgan fingerprint density at radius 3 is 2.05 bits per heavy atom. The van der Waals surface area contributed by atoms with Crippen LogP contribution in [0.3, 0.4) is 0 Å². The van der Waals surface area contributed by atoms with E-state index in [-0.39, 0.29) is 11.3 Å². The molecule has 0 aliphatic carbocycles. The van der Waals surface area contributed by atoms with Crippen LogP contribution in [-0.4, -0.2) is 7.11 Å². The average Bonchev–Trinajstić information content (AvgIpc) is 2.42. The number of hydrogen-bond donors (Lipinski definition) is 0. The van der Waals surface area contributed by atoms with E-state index in [1.165, 1.54) is 20.1 Å². The molecule has 1 atom stereocenters. The maximum absolute atomic E-state index is 14.0. The summed E-state index contributed by atoms with van der Waals surface area (Å²) >= 11 is 5.92. The summed E-state index contributed by atoms with van der Waals surface area (Å²) in [7, 11) is 1.24. The van der Waals surface area contributed by atoms with Crippen LogP contribution < -0.4 is 4.74 Å². The molecule has 0 fully saturated rings. The fourth-order valence-corrected chi connectivity index (χ4v) is 2.38. The first kappa shape index (κ1) is 15.6. The SMILES string of the molecule is COc1cc(F)c(C(Cl)c2c(F)ccc(C)c2F)c(F)c1. The molecule has 21 heavy (non-hydrogen) atoms. The van der Waals surface area contributed by atoms with Crippen molar-refractivity contribution in [1.29, 1.82) is 0 Å². The van der Waals surface area contributed by atoms with Crippen molar-refractivity contribution in [3.8, 4) is 5.75 Å². The molecule has 0 saturated carbocycles. The summed E-state index contributed by atoms with van der Waals surface area (Å²) in [4.78, 5) is 0. The fourth-order valence-electron chi connectivity index (χ4n) is 1.98. The highest BCUT2D eigenvalue weighted by molar-refractivity contribution is 6.22. The lowest BCUT2D eigenvalue weighted by Crippen LogP contribution is -2.07. The predicted molar refractivity (Wildman–Crippen MR) is 71.7 cm³/mol.